The normalized spacial score (nSPS) is 11.1. The van der Waals surface area contributed by atoms with Gasteiger partial charge in [0.1, 0.15) is 6.33 Å². The Kier molecular flexibility index (Phi) is 6.28. The SMILES string of the molecule is COCCn1nc(C)c(NC(=O)Nc2ccccc2-c2nncn2C(C)C)c1C. The van der Waals surface area contributed by atoms with Crippen molar-refractivity contribution in [2.24, 2.45) is 0 Å². The van der Waals surface area contributed by atoms with Gasteiger partial charge in [0.25, 0.3) is 0 Å². The summed E-state index contributed by atoms with van der Waals surface area (Å²) in [6, 6.07) is 7.39. The molecule has 29 heavy (non-hydrogen) atoms. The number of carbonyl (C=O) groups excluding carboxylic acids is 1. The third-order valence-corrected chi connectivity index (χ3v) is 4.67. The average Bonchev–Trinajstić information content (AvgIpc) is 3.27. The molecule has 0 aliphatic heterocycles. The van der Waals surface area contributed by atoms with Crippen molar-refractivity contribution in [3.63, 3.8) is 0 Å². The minimum Gasteiger partial charge on any atom is -0.383 e. The van der Waals surface area contributed by atoms with Crippen LogP contribution in [0.5, 0.6) is 0 Å². The van der Waals surface area contributed by atoms with Crippen LogP contribution in [-0.4, -0.2) is 44.3 Å². The molecule has 0 unspecified atom stereocenters. The number of amides is 2. The lowest BCUT2D eigenvalue weighted by Gasteiger charge is -2.14. The second-order valence-electron chi connectivity index (χ2n) is 7.04. The minimum absolute atomic E-state index is 0.199. The topological polar surface area (TPSA) is 98.9 Å². The zero-order chi connectivity index (χ0) is 21.0. The molecule has 0 bridgehead atoms. The maximum atomic E-state index is 12.7. The lowest BCUT2D eigenvalue weighted by molar-refractivity contribution is 0.182. The Morgan fingerprint density at radius 1 is 1.21 bits per heavy atom. The highest BCUT2D eigenvalue weighted by Crippen LogP contribution is 2.28. The fraction of sp³-hybridized carbons (Fsp3) is 0.400. The number of methoxy groups -OCH3 is 1. The molecule has 0 saturated heterocycles. The first kappa shape index (κ1) is 20.5. The molecule has 0 aliphatic carbocycles. The van der Waals surface area contributed by atoms with E-state index in [1.54, 1.807) is 13.4 Å². The van der Waals surface area contributed by atoms with Crippen LogP contribution in [0.15, 0.2) is 30.6 Å². The zero-order valence-corrected chi connectivity index (χ0v) is 17.4. The molecule has 2 N–H and O–H groups in total. The van der Waals surface area contributed by atoms with E-state index in [2.05, 4.69) is 39.8 Å². The van der Waals surface area contributed by atoms with Gasteiger partial charge in [-0.2, -0.15) is 5.10 Å². The van der Waals surface area contributed by atoms with Gasteiger partial charge < -0.3 is 19.9 Å². The lowest BCUT2D eigenvalue weighted by atomic mass is 10.1. The molecule has 0 aliphatic rings. The number of rotatable bonds is 7. The number of hydrogen-bond acceptors (Lipinski definition) is 5. The Morgan fingerprint density at radius 3 is 2.69 bits per heavy atom. The summed E-state index contributed by atoms with van der Waals surface area (Å²) in [4.78, 5) is 12.7. The van der Waals surface area contributed by atoms with E-state index in [0.29, 0.717) is 30.4 Å². The van der Waals surface area contributed by atoms with Crippen LogP contribution in [0.4, 0.5) is 16.2 Å². The summed E-state index contributed by atoms with van der Waals surface area (Å²) in [5, 5.41) is 18.6. The molecule has 0 spiro atoms. The van der Waals surface area contributed by atoms with Gasteiger partial charge in [-0.05, 0) is 39.8 Å². The Labute approximate surface area is 170 Å². The number of benzene rings is 1. The molecule has 0 radical (unpaired) electrons. The second-order valence-corrected chi connectivity index (χ2v) is 7.04. The fourth-order valence-corrected chi connectivity index (χ4v) is 3.14. The zero-order valence-electron chi connectivity index (χ0n) is 17.4. The lowest BCUT2D eigenvalue weighted by Crippen LogP contribution is -2.21. The van der Waals surface area contributed by atoms with E-state index >= 15 is 0 Å². The van der Waals surface area contributed by atoms with Crippen LogP contribution in [0, 0.1) is 13.8 Å². The van der Waals surface area contributed by atoms with E-state index in [-0.39, 0.29) is 12.1 Å². The van der Waals surface area contributed by atoms with Crippen molar-refractivity contribution in [2.75, 3.05) is 24.4 Å². The van der Waals surface area contributed by atoms with Crippen LogP contribution < -0.4 is 10.6 Å². The number of carbonyl (C=O) groups is 1. The van der Waals surface area contributed by atoms with Gasteiger partial charge in [0, 0.05) is 18.7 Å². The highest BCUT2D eigenvalue weighted by atomic mass is 16.5. The van der Waals surface area contributed by atoms with E-state index in [0.717, 1.165) is 17.0 Å². The van der Waals surface area contributed by atoms with Gasteiger partial charge in [-0.3, -0.25) is 4.68 Å². The van der Waals surface area contributed by atoms with Gasteiger partial charge in [0.05, 0.1) is 35.9 Å². The third-order valence-electron chi connectivity index (χ3n) is 4.67. The van der Waals surface area contributed by atoms with Gasteiger partial charge in [0.2, 0.25) is 0 Å². The Bertz CT molecular complexity index is 991. The molecule has 9 nitrogen and oxygen atoms in total. The molecule has 0 atom stereocenters. The number of aromatic nitrogens is 5. The van der Waals surface area contributed by atoms with Crippen molar-refractivity contribution in [3.8, 4) is 11.4 Å². The number of nitrogens with one attached hydrogen (secondary N) is 2. The first-order valence-electron chi connectivity index (χ1n) is 9.52. The van der Waals surface area contributed by atoms with Crippen molar-refractivity contribution in [2.45, 2.75) is 40.3 Å². The van der Waals surface area contributed by atoms with Crippen LogP contribution in [0.2, 0.25) is 0 Å². The van der Waals surface area contributed by atoms with Crippen molar-refractivity contribution in [1.82, 2.24) is 24.5 Å². The summed E-state index contributed by atoms with van der Waals surface area (Å²) in [6.45, 7) is 9.08. The predicted octanol–water partition coefficient (Wildman–Crippen LogP) is 3.63. The Morgan fingerprint density at radius 2 is 1.97 bits per heavy atom. The van der Waals surface area contributed by atoms with Crippen LogP contribution in [0.3, 0.4) is 0 Å². The smallest absolute Gasteiger partial charge is 0.323 e. The molecule has 2 heterocycles. The molecule has 9 heteroatoms. The van der Waals surface area contributed by atoms with E-state index in [4.69, 9.17) is 4.74 Å². The summed E-state index contributed by atoms with van der Waals surface area (Å²) >= 11 is 0. The molecule has 3 rings (SSSR count). The molecular weight excluding hydrogens is 370 g/mol. The number of para-hydroxylation sites is 1. The van der Waals surface area contributed by atoms with Crippen LogP contribution in [0.25, 0.3) is 11.4 Å². The number of urea groups is 1. The number of anilines is 2. The van der Waals surface area contributed by atoms with E-state index < -0.39 is 0 Å². The number of aryl methyl sites for hydroxylation is 1. The number of ether oxygens (including phenoxy) is 1. The first-order valence-corrected chi connectivity index (χ1v) is 9.52. The minimum atomic E-state index is -0.342. The highest BCUT2D eigenvalue weighted by Gasteiger charge is 2.17. The van der Waals surface area contributed by atoms with E-state index in [1.807, 2.05) is 47.4 Å². The van der Waals surface area contributed by atoms with Gasteiger partial charge in [-0.15, -0.1) is 10.2 Å². The van der Waals surface area contributed by atoms with E-state index in [1.165, 1.54) is 0 Å². The molecule has 1 aromatic carbocycles. The monoisotopic (exact) mass is 397 g/mol. The van der Waals surface area contributed by atoms with Crippen molar-refractivity contribution in [1.29, 1.82) is 0 Å². The van der Waals surface area contributed by atoms with Gasteiger partial charge in [-0.1, -0.05) is 12.1 Å². The Hall–Kier alpha value is -3.20. The number of nitrogens with zero attached hydrogens (tertiary/aromatic N) is 5. The summed E-state index contributed by atoms with van der Waals surface area (Å²) in [6.07, 6.45) is 1.69. The van der Waals surface area contributed by atoms with Crippen LogP contribution >= 0.6 is 0 Å². The van der Waals surface area contributed by atoms with E-state index in [9.17, 15) is 4.79 Å². The first-order chi connectivity index (χ1) is 13.9. The number of hydrogen-bond donors (Lipinski definition) is 2. The molecule has 2 aromatic heterocycles. The van der Waals surface area contributed by atoms with Gasteiger partial charge in [-0.25, -0.2) is 4.79 Å². The second kappa shape index (κ2) is 8.87. The third kappa shape index (κ3) is 4.45. The summed E-state index contributed by atoms with van der Waals surface area (Å²) in [5.41, 5.74) is 3.78. The summed E-state index contributed by atoms with van der Waals surface area (Å²) in [5.74, 6) is 0.704. The van der Waals surface area contributed by atoms with Gasteiger partial charge >= 0.3 is 6.03 Å². The quantitative estimate of drug-likeness (QED) is 0.634. The summed E-state index contributed by atoms with van der Waals surface area (Å²) in [7, 11) is 1.65. The molecule has 154 valence electrons. The van der Waals surface area contributed by atoms with Crippen LogP contribution in [0.1, 0.15) is 31.3 Å². The largest absolute Gasteiger partial charge is 0.383 e. The maximum absolute atomic E-state index is 12.7. The standard InChI is InChI=1S/C20H27N7O2/c1-13(2)26-12-21-24-19(26)16-8-6-7-9-17(16)22-20(28)23-18-14(3)25-27(15(18)4)10-11-29-5/h6-9,12-13H,10-11H2,1-5H3,(H2,22,23,28). The highest BCUT2D eigenvalue weighted by molar-refractivity contribution is 6.02. The fourth-order valence-electron chi connectivity index (χ4n) is 3.14. The van der Waals surface area contributed by atoms with Crippen LogP contribution in [-0.2, 0) is 11.3 Å². The average molecular weight is 397 g/mol. The Balaban J connectivity index is 1.81. The molecule has 0 fully saturated rings. The van der Waals surface area contributed by atoms with Crippen molar-refractivity contribution in [3.05, 3.63) is 42.0 Å². The molecule has 2 amide bonds. The van der Waals surface area contributed by atoms with Crippen molar-refractivity contribution >= 4 is 17.4 Å². The van der Waals surface area contributed by atoms with Crippen molar-refractivity contribution < 1.29 is 9.53 Å². The summed E-state index contributed by atoms with van der Waals surface area (Å²) < 4.78 is 8.90. The molecular formula is C20H27N7O2. The molecule has 3 aromatic rings. The molecule has 0 saturated carbocycles. The predicted molar refractivity (Wildman–Crippen MR) is 112 cm³/mol. The van der Waals surface area contributed by atoms with Gasteiger partial charge in [0.15, 0.2) is 5.82 Å². The maximum Gasteiger partial charge on any atom is 0.323 e.